The van der Waals surface area contributed by atoms with E-state index in [9.17, 15) is 24.7 Å². The fraction of sp³-hybridized carbons (Fsp3) is 0.650. The molecule has 1 fully saturated rings. The largest absolute Gasteiger partial charge is 0.453 e. The van der Waals surface area contributed by atoms with E-state index in [-0.39, 0.29) is 17.6 Å². The molecule has 1 aliphatic rings. The van der Waals surface area contributed by atoms with Gasteiger partial charge in [0.2, 0.25) is 5.91 Å². The molecular formula is C20H31N3O6SSi. The maximum Gasteiger partial charge on any atom is 0.442 e. The van der Waals surface area contributed by atoms with E-state index in [4.69, 9.17) is 9.16 Å². The van der Waals surface area contributed by atoms with Crippen molar-refractivity contribution < 1.29 is 33.1 Å². The number of nitrogens with one attached hydrogen (secondary N) is 1. The van der Waals surface area contributed by atoms with Crippen LogP contribution in [0, 0.1) is 5.92 Å². The number of hydrogen-bond donors (Lipinski definition) is 1. The van der Waals surface area contributed by atoms with E-state index in [2.05, 4.69) is 37.5 Å². The van der Waals surface area contributed by atoms with E-state index in [1.54, 1.807) is 6.92 Å². The lowest BCUT2D eigenvalue weighted by Crippen LogP contribution is -2.69. The van der Waals surface area contributed by atoms with Crippen LogP contribution in [0.25, 0.3) is 5.53 Å². The van der Waals surface area contributed by atoms with Crippen LogP contribution in [-0.2, 0) is 28.3 Å². The number of amides is 1. The van der Waals surface area contributed by atoms with Gasteiger partial charge in [-0.1, -0.05) is 45.2 Å². The first kappa shape index (κ1) is 27.0. The number of carbonyl (C=O) groups is 4. The van der Waals surface area contributed by atoms with Crippen LogP contribution in [0.2, 0.25) is 18.1 Å². The third kappa shape index (κ3) is 6.46. The average molecular weight is 470 g/mol. The molecule has 11 heteroatoms. The average Bonchev–Trinajstić information content (AvgIpc) is 2.61. The van der Waals surface area contributed by atoms with Crippen LogP contribution in [0.4, 0.5) is 0 Å². The second-order valence-corrected chi connectivity index (χ2v) is 14.9. The molecule has 0 spiro atoms. The highest BCUT2D eigenvalue weighted by atomic mass is 32.2. The molecule has 0 unspecified atom stereocenters. The Morgan fingerprint density at radius 1 is 1.35 bits per heavy atom. The van der Waals surface area contributed by atoms with Gasteiger partial charge in [0.05, 0.1) is 18.1 Å². The lowest BCUT2D eigenvalue weighted by atomic mass is 9.82. The van der Waals surface area contributed by atoms with E-state index in [0.29, 0.717) is 11.8 Å². The Hall–Kier alpha value is -2.07. The Balaban J connectivity index is 3.18. The molecule has 0 bridgehead atoms. The number of ketones is 1. The number of thioether (sulfide) groups is 1. The van der Waals surface area contributed by atoms with Crippen molar-refractivity contribution >= 4 is 48.6 Å². The first-order valence-corrected chi connectivity index (χ1v) is 13.7. The summed E-state index contributed by atoms with van der Waals surface area (Å²) in [5.41, 5.74) is 8.38. The van der Waals surface area contributed by atoms with Crippen LogP contribution in [0.15, 0.2) is 12.7 Å². The molecule has 0 radical (unpaired) electrons. The predicted molar refractivity (Wildman–Crippen MR) is 120 cm³/mol. The van der Waals surface area contributed by atoms with Crippen molar-refractivity contribution in [2.75, 3.05) is 6.61 Å². The van der Waals surface area contributed by atoms with Gasteiger partial charge in [-0.05, 0) is 25.1 Å². The van der Waals surface area contributed by atoms with Crippen molar-refractivity contribution in [1.29, 1.82) is 0 Å². The summed E-state index contributed by atoms with van der Waals surface area (Å²) >= 11 is 0.656. The fourth-order valence-electron chi connectivity index (χ4n) is 2.90. The van der Waals surface area contributed by atoms with Crippen molar-refractivity contribution in [2.24, 2.45) is 5.92 Å². The predicted octanol–water partition coefficient (Wildman–Crippen LogP) is 2.13. The molecule has 0 saturated carbocycles. The zero-order chi connectivity index (χ0) is 24.1. The van der Waals surface area contributed by atoms with Crippen LogP contribution in [0.1, 0.15) is 34.6 Å². The molecule has 1 amide bonds. The highest BCUT2D eigenvalue weighted by Crippen LogP contribution is 2.40. The number of β-lactam (4-membered cyclic amide) rings is 1. The topological polar surface area (TPSA) is 135 Å². The third-order valence-corrected chi connectivity index (χ3v) is 11.2. The lowest BCUT2D eigenvalue weighted by Gasteiger charge is -2.46. The molecule has 1 saturated heterocycles. The van der Waals surface area contributed by atoms with E-state index in [0.717, 1.165) is 0 Å². The summed E-state index contributed by atoms with van der Waals surface area (Å²) in [5, 5.41) is 0.983. The van der Waals surface area contributed by atoms with Gasteiger partial charge in [-0.2, -0.15) is 4.79 Å². The Morgan fingerprint density at radius 3 is 2.35 bits per heavy atom. The maximum absolute atomic E-state index is 13.0. The highest BCUT2D eigenvalue weighted by Gasteiger charge is 2.54. The molecule has 1 aliphatic heterocycles. The molecule has 31 heavy (non-hydrogen) atoms. The number of carbonyl (C=O) groups excluding carboxylic acids is 4. The molecular weight excluding hydrogens is 438 g/mol. The van der Waals surface area contributed by atoms with Gasteiger partial charge in [-0.15, -0.1) is 0 Å². The van der Waals surface area contributed by atoms with Crippen LogP contribution >= 0.6 is 11.8 Å². The molecule has 0 aromatic carbocycles. The molecule has 4 atom stereocenters. The first-order chi connectivity index (χ1) is 14.2. The number of esters is 1. The Bertz CT molecular complexity index is 816. The molecule has 0 aromatic rings. The Labute approximate surface area is 188 Å². The second kappa shape index (κ2) is 10.5. The van der Waals surface area contributed by atoms with E-state index >= 15 is 0 Å². The highest BCUT2D eigenvalue weighted by molar-refractivity contribution is 8.14. The van der Waals surface area contributed by atoms with E-state index in [1.165, 1.54) is 13.0 Å². The quantitative estimate of drug-likeness (QED) is 0.0756. The van der Waals surface area contributed by atoms with Gasteiger partial charge in [0.1, 0.15) is 11.9 Å². The molecule has 1 heterocycles. The summed E-state index contributed by atoms with van der Waals surface area (Å²) in [6.07, 6.45) is 0.769. The lowest BCUT2D eigenvalue weighted by molar-refractivity contribution is -0.142. The van der Waals surface area contributed by atoms with Gasteiger partial charge < -0.3 is 20.0 Å². The van der Waals surface area contributed by atoms with Crippen molar-refractivity contribution in [3.63, 3.8) is 0 Å². The van der Waals surface area contributed by atoms with Crippen LogP contribution in [0.5, 0.6) is 0 Å². The number of Topliss-reactive ketones (excluding diaryl/α,β-unsaturated/α-hetero) is 1. The van der Waals surface area contributed by atoms with Crippen LogP contribution in [-0.4, -0.2) is 65.6 Å². The minimum absolute atomic E-state index is 0.0913. The Kier molecular flexibility index (Phi) is 9.13. The van der Waals surface area contributed by atoms with Crippen LogP contribution < -0.4 is 5.32 Å². The van der Waals surface area contributed by atoms with Crippen molar-refractivity contribution in [3.8, 4) is 0 Å². The van der Waals surface area contributed by atoms with Gasteiger partial charge in [0, 0.05) is 6.92 Å². The van der Waals surface area contributed by atoms with E-state index in [1.807, 2.05) is 13.1 Å². The monoisotopic (exact) mass is 469 g/mol. The van der Waals surface area contributed by atoms with Crippen molar-refractivity contribution in [1.82, 2.24) is 5.32 Å². The number of nitrogens with zero attached hydrogens (tertiary/aromatic N) is 2. The summed E-state index contributed by atoms with van der Waals surface area (Å²) < 4.78 is 11.1. The zero-order valence-electron chi connectivity index (χ0n) is 19.1. The fourth-order valence-corrected chi connectivity index (χ4v) is 5.29. The molecule has 172 valence electrons. The van der Waals surface area contributed by atoms with E-state index < -0.39 is 54.2 Å². The summed E-state index contributed by atoms with van der Waals surface area (Å²) in [4.78, 5) is 52.1. The molecule has 0 aliphatic carbocycles. The minimum atomic E-state index is -2.21. The SMILES string of the molecule is C=CCOC(=O)C(=[N+]=[N-])C(=O)[C@H](SC(C)=O)[C@H]1NC(=O)[C@@H]1[C@@H](C)O[Si](C)(C)C(C)(C)C. The van der Waals surface area contributed by atoms with Gasteiger partial charge in [0.15, 0.2) is 13.4 Å². The number of rotatable bonds is 10. The summed E-state index contributed by atoms with van der Waals surface area (Å²) in [6.45, 7) is 16.6. The first-order valence-electron chi connectivity index (χ1n) is 9.87. The molecule has 1 N–H and O–H groups in total. The summed E-state index contributed by atoms with van der Waals surface area (Å²) in [6, 6.07) is -0.780. The smallest absolute Gasteiger partial charge is 0.442 e. The van der Waals surface area contributed by atoms with Gasteiger partial charge >= 0.3 is 11.7 Å². The van der Waals surface area contributed by atoms with Gasteiger partial charge in [0.25, 0.3) is 5.78 Å². The van der Waals surface area contributed by atoms with Crippen LogP contribution in [0.3, 0.4) is 0 Å². The standard InChI is InChI=1S/C20H31N3O6SSi/c1-9-10-28-19(27)15(23-21)16(25)17(30-12(3)24)14-13(18(26)22-14)11(2)29-31(7,8)20(4,5)6/h9,11,13-14,17H,1,10H2,2-8H3,(H,22,26)/t11-,13-,14+,17-/m1/s1. The van der Waals surface area contributed by atoms with Crippen molar-refractivity contribution in [2.45, 2.75) is 70.1 Å². The third-order valence-electron chi connectivity index (χ3n) is 5.53. The summed E-state index contributed by atoms with van der Waals surface area (Å²) in [7, 11) is -2.21. The second-order valence-electron chi connectivity index (χ2n) is 8.87. The molecule has 9 nitrogen and oxygen atoms in total. The zero-order valence-corrected chi connectivity index (χ0v) is 20.9. The van der Waals surface area contributed by atoms with Crippen molar-refractivity contribution in [3.05, 3.63) is 18.2 Å². The van der Waals surface area contributed by atoms with Gasteiger partial charge in [-0.25, -0.2) is 4.79 Å². The molecule has 0 aromatic heterocycles. The normalized spacial score (nSPS) is 20.4. The molecule has 1 rings (SSSR count). The minimum Gasteiger partial charge on any atom is -0.453 e. The summed E-state index contributed by atoms with van der Waals surface area (Å²) in [5.74, 6) is -3.07. The number of ether oxygens (including phenoxy) is 1. The Morgan fingerprint density at radius 2 is 1.94 bits per heavy atom. The van der Waals surface area contributed by atoms with Gasteiger partial charge in [-0.3, -0.25) is 14.4 Å². The number of hydrogen-bond acceptors (Lipinski definition) is 7. The maximum atomic E-state index is 13.0.